The predicted octanol–water partition coefficient (Wildman–Crippen LogP) is 5.00. The zero-order chi connectivity index (χ0) is 24.2. The van der Waals surface area contributed by atoms with Gasteiger partial charge in [0.25, 0.3) is 11.8 Å². The van der Waals surface area contributed by atoms with Crippen LogP contribution in [0.4, 0.5) is 0 Å². The van der Waals surface area contributed by atoms with E-state index in [1.54, 1.807) is 28.4 Å². The number of carbonyl (C=O) groups excluding carboxylic acids is 2. The molecule has 0 bridgehead atoms. The van der Waals surface area contributed by atoms with Crippen molar-refractivity contribution in [2.75, 3.05) is 6.79 Å². The van der Waals surface area contributed by atoms with E-state index in [4.69, 9.17) is 14.0 Å². The van der Waals surface area contributed by atoms with E-state index in [0.29, 0.717) is 40.4 Å². The Kier molecular flexibility index (Phi) is 6.82. The van der Waals surface area contributed by atoms with Crippen molar-refractivity contribution in [2.24, 2.45) is 0 Å². The largest absolute Gasteiger partial charge is 0.454 e. The molecule has 178 valence electrons. The summed E-state index contributed by atoms with van der Waals surface area (Å²) in [5, 5.41) is 8.70. The summed E-state index contributed by atoms with van der Waals surface area (Å²) in [5.41, 5.74) is 1.56. The van der Waals surface area contributed by atoms with Crippen molar-refractivity contribution in [3.05, 3.63) is 98.0 Å². The molecule has 4 aromatic rings. The molecule has 1 aliphatic heterocycles. The van der Waals surface area contributed by atoms with Gasteiger partial charge in [-0.15, -0.1) is 11.3 Å². The van der Waals surface area contributed by atoms with Gasteiger partial charge in [-0.2, -0.15) is 0 Å². The molecule has 1 N–H and O–H groups in total. The summed E-state index contributed by atoms with van der Waals surface area (Å²) >= 11 is 5.02. The quantitative estimate of drug-likeness (QED) is 0.330. The summed E-state index contributed by atoms with van der Waals surface area (Å²) in [6, 6.07) is 18.2. The van der Waals surface area contributed by atoms with E-state index in [0.717, 1.165) is 10.4 Å². The van der Waals surface area contributed by atoms with Gasteiger partial charge >= 0.3 is 0 Å². The monoisotopic (exact) mass is 553 g/mol. The van der Waals surface area contributed by atoms with Crippen LogP contribution < -0.4 is 14.8 Å². The molecule has 0 unspecified atom stereocenters. The summed E-state index contributed by atoms with van der Waals surface area (Å²) in [6.07, 6.45) is 0. The van der Waals surface area contributed by atoms with Crippen molar-refractivity contribution < 1.29 is 23.6 Å². The van der Waals surface area contributed by atoms with Crippen molar-refractivity contribution in [3.63, 3.8) is 0 Å². The van der Waals surface area contributed by atoms with E-state index in [-0.39, 0.29) is 30.8 Å². The summed E-state index contributed by atoms with van der Waals surface area (Å²) in [4.78, 5) is 28.7. The molecule has 10 heteroatoms. The lowest BCUT2D eigenvalue weighted by Crippen LogP contribution is -2.30. The van der Waals surface area contributed by atoms with Gasteiger partial charge in [-0.05, 0) is 57.2 Å². The SMILES string of the molecule is O=C(NCc1ccc2c(c1)OCO2)c1cc(CN(Cc2cccs2)C(=O)c2ccccc2Br)on1. The van der Waals surface area contributed by atoms with Crippen molar-refractivity contribution >= 4 is 39.1 Å². The second-order valence-electron chi connectivity index (χ2n) is 7.77. The maximum Gasteiger partial charge on any atom is 0.273 e. The number of carbonyl (C=O) groups is 2. The molecular formula is C25H20BrN3O5S. The molecule has 1 aliphatic rings. The molecule has 0 atom stereocenters. The fourth-order valence-electron chi connectivity index (χ4n) is 3.60. The number of aromatic nitrogens is 1. The number of hydrogen-bond acceptors (Lipinski definition) is 7. The average Bonchev–Trinajstić information content (AvgIpc) is 3.64. The van der Waals surface area contributed by atoms with Crippen LogP contribution in [0.3, 0.4) is 0 Å². The number of nitrogens with zero attached hydrogens (tertiary/aromatic N) is 2. The molecule has 3 heterocycles. The highest BCUT2D eigenvalue weighted by Gasteiger charge is 2.22. The first kappa shape index (κ1) is 23.1. The Balaban J connectivity index is 1.27. The topological polar surface area (TPSA) is 93.9 Å². The van der Waals surface area contributed by atoms with Crippen LogP contribution in [0.25, 0.3) is 0 Å². The number of amides is 2. The Morgan fingerprint density at radius 2 is 1.89 bits per heavy atom. The lowest BCUT2D eigenvalue weighted by Gasteiger charge is -2.21. The van der Waals surface area contributed by atoms with Gasteiger partial charge in [-0.1, -0.05) is 29.4 Å². The van der Waals surface area contributed by atoms with E-state index in [1.165, 1.54) is 0 Å². The highest BCUT2D eigenvalue weighted by molar-refractivity contribution is 9.10. The van der Waals surface area contributed by atoms with Crippen molar-refractivity contribution in [1.82, 2.24) is 15.4 Å². The maximum atomic E-state index is 13.3. The van der Waals surface area contributed by atoms with Gasteiger partial charge in [0.05, 0.1) is 18.7 Å². The molecule has 0 saturated carbocycles. The van der Waals surface area contributed by atoms with Gasteiger partial charge in [-0.25, -0.2) is 0 Å². The fraction of sp³-hybridized carbons (Fsp3) is 0.160. The molecule has 8 nitrogen and oxygen atoms in total. The number of nitrogens with one attached hydrogen (secondary N) is 1. The van der Waals surface area contributed by atoms with Gasteiger partial charge in [-0.3, -0.25) is 9.59 Å². The summed E-state index contributed by atoms with van der Waals surface area (Å²) in [7, 11) is 0. The Hall–Kier alpha value is -3.63. The lowest BCUT2D eigenvalue weighted by atomic mass is 10.2. The van der Waals surface area contributed by atoms with Crippen LogP contribution in [0.2, 0.25) is 0 Å². The summed E-state index contributed by atoms with van der Waals surface area (Å²) < 4.78 is 16.8. The van der Waals surface area contributed by atoms with E-state index in [1.807, 2.05) is 53.9 Å². The van der Waals surface area contributed by atoms with Gasteiger partial charge < -0.3 is 24.2 Å². The second kappa shape index (κ2) is 10.3. The van der Waals surface area contributed by atoms with Crippen molar-refractivity contribution in [3.8, 4) is 11.5 Å². The predicted molar refractivity (Wildman–Crippen MR) is 132 cm³/mol. The van der Waals surface area contributed by atoms with Crippen LogP contribution in [0.1, 0.15) is 37.0 Å². The Morgan fingerprint density at radius 1 is 1.03 bits per heavy atom. The van der Waals surface area contributed by atoms with Gasteiger partial charge in [0.15, 0.2) is 23.0 Å². The zero-order valence-corrected chi connectivity index (χ0v) is 20.8. The molecule has 0 saturated heterocycles. The molecule has 0 aliphatic carbocycles. The van der Waals surface area contributed by atoms with Gasteiger partial charge in [0.1, 0.15) is 0 Å². The minimum atomic E-state index is -0.375. The molecule has 0 fully saturated rings. The minimum absolute atomic E-state index is 0.144. The van der Waals surface area contributed by atoms with Crippen molar-refractivity contribution in [1.29, 1.82) is 0 Å². The van der Waals surface area contributed by atoms with Crippen LogP contribution in [-0.4, -0.2) is 28.7 Å². The first-order valence-corrected chi connectivity index (χ1v) is 12.4. The third-order valence-corrected chi connectivity index (χ3v) is 6.90. The zero-order valence-electron chi connectivity index (χ0n) is 18.4. The Bertz CT molecular complexity index is 1350. The first-order chi connectivity index (χ1) is 17.1. The number of benzene rings is 2. The Labute approximate surface area is 213 Å². The molecular weight excluding hydrogens is 534 g/mol. The highest BCUT2D eigenvalue weighted by Crippen LogP contribution is 2.32. The van der Waals surface area contributed by atoms with Crippen LogP contribution in [0, 0.1) is 0 Å². The molecule has 0 radical (unpaired) electrons. The summed E-state index contributed by atoms with van der Waals surface area (Å²) in [5.74, 6) is 1.22. The first-order valence-electron chi connectivity index (χ1n) is 10.8. The summed E-state index contributed by atoms with van der Waals surface area (Å²) in [6.45, 7) is 1.06. The van der Waals surface area contributed by atoms with E-state index in [9.17, 15) is 9.59 Å². The molecule has 0 spiro atoms. The number of fused-ring (bicyclic) bond motifs is 1. The standard InChI is InChI=1S/C25H20BrN3O5S/c26-20-6-2-1-5-19(20)25(31)29(14-18-4-3-9-35-18)13-17-11-21(28-34-17)24(30)27-12-16-7-8-22-23(10-16)33-15-32-22/h1-11H,12-15H2,(H,27,30). The Morgan fingerprint density at radius 3 is 2.71 bits per heavy atom. The van der Waals surface area contributed by atoms with E-state index in [2.05, 4.69) is 26.4 Å². The average molecular weight is 554 g/mol. The third-order valence-electron chi connectivity index (χ3n) is 5.35. The van der Waals surface area contributed by atoms with Gasteiger partial charge in [0, 0.05) is 22.0 Å². The molecule has 5 rings (SSSR count). The maximum absolute atomic E-state index is 13.3. The number of ether oxygens (including phenoxy) is 2. The molecule has 2 aromatic heterocycles. The van der Waals surface area contributed by atoms with E-state index >= 15 is 0 Å². The second-order valence-corrected chi connectivity index (χ2v) is 9.66. The number of rotatable bonds is 8. The van der Waals surface area contributed by atoms with Crippen LogP contribution in [-0.2, 0) is 19.6 Å². The molecule has 35 heavy (non-hydrogen) atoms. The number of hydrogen-bond donors (Lipinski definition) is 1. The third kappa shape index (κ3) is 5.39. The van der Waals surface area contributed by atoms with E-state index < -0.39 is 0 Å². The normalized spacial score (nSPS) is 11.9. The number of thiophene rings is 1. The van der Waals surface area contributed by atoms with Crippen LogP contribution in [0.15, 0.2) is 75.0 Å². The van der Waals surface area contributed by atoms with Crippen molar-refractivity contribution in [2.45, 2.75) is 19.6 Å². The molecule has 2 aromatic carbocycles. The number of halogens is 1. The fourth-order valence-corrected chi connectivity index (χ4v) is 4.78. The minimum Gasteiger partial charge on any atom is -0.454 e. The smallest absolute Gasteiger partial charge is 0.273 e. The highest BCUT2D eigenvalue weighted by atomic mass is 79.9. The van der Waals surface area contributed by atoms with Crippen LogP contribution >= 0.6 is 27.3 Å². The molecule has 2 amide bonds. The van der Waals surface area contributed by atoms with Crippen LogP contribution in [0.5, 0.6) is 11.5 Å². The van der Waals surface area contributed by atoms with Gasteiger partial charge in [0.2, 0.25) is 6.79 Å². The lowest BCUT2D eigenvalue weighted by molar-refractivity contribution is 0.0714.